The Kier molecular flexibility index (Phi) is 4.29. The molecule has 0 bridgehead atoms. The Labute approximate surface area is 201 Å². The minimum atomic E-state index is -2.22. The standard InChI is InChI=1S/C31H35N2/c1-18(2)24-15-11-17-25-28-22(7)14-10-16-26(28)31-29(27-20(5)12-9-13-21(27)6)23(8)32(19(3)4)33(31)30(24)25/h9-19H,1-8H3/q+1/i7D3. The van der Waals surface area contributed by atoms with E-state index in [9.17, 15) is 0 Å². The maximum Gasteiger partial charge on any atom is 0.254 e. The van der Waals surface area contributed by atoms with Crippen LogP contribution in [0.3, 0.4) is 0 Å². The molecule has 0 aliphatic rings. The van der Waals surface area contributed by atoms with Crippen molar-refractivity contribution in [2.45, 2.75) is 67.3 Å². The molecule has 0 aliphatic heterocycles. The largest absolute Gasteiger partial charge is 0.254 e. The van der Waals surface area contributed by atoms with E-state index in [4.69, 9.17) is 4.11 Å². The first-order chi connectivity index (χ1) is 16.9. The Bertz CT molecular complexity index is 1630. The highest BCUT2D eigenvalue weighted by Crippen LogP contribution is 2.40. The van der Waals surface area contributed by atoms with E-state index in [0.717, 1.165) is 27.2 Å². The first kappa shape index (κ1) is 18.3. The summed E-state index contributed by atoms with van der Waals surface area (Å²) < 4.78 is 30.0. The minimum Gasteiger partial charge on any atom is -0.149 e. The third-order valence-electron chi connectivity index (χ3n) is 7.08. The third-order valence-corrected chi connectivity index (χ3v) is 7.08. The van der Waals surface area contributed by atoms with Crippen LogP contribution in [0, 0.1) is 27.6 Å². The fraction of sp³-hybridized carbons (Fsp3) is 0.323. The van der Waals surface area contributed by atoms with Crippen molar-refractivity contribution in [3.05, 3.63) is 82.5 Å². The molecule has 0 atom stereocenters. The van der Waals surface area contributed by atoms with Gasteiger partial charge in [0.25, 0.3) is 5.52 Å². The van der Waals surface area contributed by atoms with Crippen LogP contribution in [0.25, 0.3) is 38.3 Å². The van der Waals surface area contributed by atoms with E-state index in [1.807, 2.05) is 6.07 Å². The Morgan fingerprint density at radius 3 is 1.91 bits per heavy atom. The molecule has 0 saturated heterocycles. The summed E-state index contributed by atoms with van der Waals surface area (Å²) in [6, 6.07) is 18.8. The summed E-state index contributed by atoms with van der Waals surface area (Å²) in [6.45, 7) is 13.2. The fourth-order valence-corrected chi connectivity index (χ4v) is 5.75. The van der Waals surface area contributed by atoms with Gasteiger partial charge in [-0.2, -0.15) is 0 Å². The minimum absolute atomic E-state index is 0.210. The number of nitrogens with zero attached hydrogens (tertiary/aromatic N) is 2. The van der Waals surface area contributed by atoms with Crippen molar-refractivity contribution < 1.29 is 8.63 Å². The van der Waals surface area contributed by atoms with Crippen molar-refractivity contribution in [2.75, 3.05) is 0 Å². The molecule has 5 aromatic rings. The molecule has 2 nitrogen and oxygen atoms in total. The molecule has 0 saturated carbocycles. The number of benzene rings is 3. The van der Waals surface area contributed by atoms with Crippen molar-refractivity contribution in [2.24, 2.45) is 0 Å². The van der Waals surface area contributed by atoms with Gasteiger partial charge in [0.05, 0.1) is 28.1 Å². The molecule has 0 unspecified atom stereocenters. The lowest BCUT2D eigenvalue weighted by atomic mass is 9.91. The summed E-state index contributed by atoms with van der Waals surface area (Å²) in [7, 11) is 0. The molecular formula is C31H35N2+. The molecular weight excluding hydrogens is 400 g/mol. The molecule has 0 amide bonds. The molecule has 2 heteroatoms. The second-order valence-electron chi connectivity index (χ2n) is 9.95. The maximum absolute atomic E-state index is 8.40. The van der Waals surface area contributed by atoms with Crippen LogP contribution >= 0.6 is 0 Å². The number of pyridine rings is 1. The second kappa shape index (κ2) is 7.73. The zero-order valence-electron chi connectivity index (χ0n) is 23.7. The van der Waals surface area contributed by atoms with Gasteiger partial charge in [0.15, 0.2) is 0 Å². The summed E-state index contributed by atoms with van der Waals surface area (Å²) in [6.07, 6.45) is 0. The quantitative estimate of drug-likeness (QED) is 0.199. The first-order valence-corrected chi connectivity index (χ1v) is 12.0. The highest BCUT2D eigenvalue weighted by molar-refractivity contribution is 6.14. The summed E-state index contributed by atoms with van der Waals surface area (Å²) in [5, 5.41) is 2.81. The van der Waals surface area contributed by atoms with Crippen molar-refractivity contribution >= 4 is 27.2 Å². The van der Waals surface area contributed by atoms with E-state index in [0.29, 0.717) is 5.56 Å². The van der Waals surface area contributed by atoms with Gasteiger partial charge >= 0.3 is 0 Å². The van der Waals surface area contributed by atoms with Crippen molar-refractivity contribution in [1.82, 2.24) is 4.68 Å². The molecule has 2 aromatic heterocycles. The Morgan fingerprint density at radius 1 is 0.727 bits per heavy atom. The van der Waals surface area contributed by atoms with E-state index >= 15 is 0 Å². The van der Waals surface area contributed by atoms with Crippen LogP contribution < -0.4 is 4.52 Å². The van der Waals surface area contributed by atoms with Gasteiger partial charge in [0, 0.05) is 15.1 Å². The van der Waals surface area contributed by atoms with Crippen LogP contribution in [0.4, 0.5) is 0 Å². The Balaban J connectivity index is 2.23. The number of para-hydroxylation sites is 1. The van der Waals surface area contributed by atoms with E-state index < -0.39 is 6.85 Å². The maximum atomic E-state index is 8.40. The van der Waals surface area contributed by atoms with Gasteiger partial charge in [0.2, 0.25) is 5.52 Å². The number of hydrogen-bond acceptors (Lipinski definition) is 0. The lowest BCUT2D eigenvalue weighted by Gasteiger charge is -2.13. The molecule has 3 aromatic carbocycles. The number of rotatable bonds is 3. The predicted octanol–water partition coefficient (Wildman–Crippen LogP) is 8.14. The molecule has 0 spiro atoms. The number of fused-ring (bicyclic) bond motifs is 6. The average Bonchev–Trinajstić information content (AvgIpc) is 3.10. The van der Waals surface area contributed by atoms with Crippen LogP contribution in [-0.2, 0) is 0 Å². The topological polar surface area (TPSA) is 9.03 Å². The van der Waals surface area contributed by atoms with Crippen molar-refractivity contribution in [3.63, 3.8) is 0 Å². The molecule has 0 radical (unpaired) electrons. The Hall–Kier alpha value is -3.13. The second-order valence-corrected chi connectivity index (χ2v) is 9.95. The lowest BCUT2D eigenvalue weighted by molar-refractivity contribution is -0.586. The first-order valence-electron chi connectivity index (χ1n) is 13.5. The summed E-state index contributed by atoms with van der Waals surface area (Å²) in [5.41, 5.74) is 9.86. The van der Waals surface area contributed by atoms with Gasteiger partial charge in [0.1, 0.15) is 0 Å². The van der Waals surface area contributed by atoms with Gasteiger partial charge in [-0.25, -0.2) is 0 Å². The molecule has 33 heavy (non-hydrogen) atoms. The SMILES string of the molecule is [2H]C([2H])([2H])c1cccc2c1c1cccc(C(C)C)c1[n+]1c2c(-c2c(C)cccc2C)c(C)n1C(C)C. The van der Waals surface area contributed by atoms with Crippen molar-refractivity contribution in [1.29, 1.82) is 0 Å². The van der Waals surface area contributed by atoms with E-state index in [1.54, 1.807) is 6.07 Å². The highest BCUT2D eigenvalue weighted by atomic mass is 15.4. The van der Waals surface area contributed by atoms with Crippen LogP contribution in [0.1, 0.15) is 71.7 Å². The van der Waals surface area contributed by atoms with Crippen LogP contribution in [0.2, 0.25) is 0 Å². The third kappa shape index (κ3) is 3.04. The predicted molar refractivity (Wildman–Crippen MR) is 141 cm³/mol. The molecule has 168 valence electrons. The van der Waals surface area contributed by atoms with Crippen LogP contribution in [0.15, 0.2) is 54.6 Å². The van der Waals surface area contributed by atoms with Gasteiger partial charge in [-0.1, -0.05) is 60.8 Å². The molecule has 2 heterocycles. The number of aromatic nitrogens is 2. The van der Waals surface area contributed by atoms with Gasteiger partial charge in [-0.3, -0.25) is 0 Å². The zero-order valence-corrected chi connectivity index (χ0v) is 20.7. The van der Waals surface area contributed by atoms with E-state index in [2.05, 4.69) is 100 Å². The van der Waals surface area contributed by atoms with Crippen molar-refractivity contribution in [3.8, 4) is 11.1 Å². The van der Waals surface area contributed by atoms with Gasteiger partial charge in [-0.05, 0) is 81.8 Å². The van der Waals surface area contributed by atoms with Gasteiger partial charge in [-0.15, -0.1) is 4.68 Å². The highest BCUT2D eigenvalue weighted by Gasteiger charge is 2.33. The average molecular weight is 439 g/mol. The summed E-state index contributed by atoms with van der Waals surface area (Å²) in [5.74, 6) is 0.279. The fourth-order valence-electron chi connectivity index (χ4n) is 5.75. The van der Waals surface area contributed by atoms with Gasteiger partial charge < -0.3 is 0 Å². The van der Waals surface area contributed by atoms with E-state index in [1.165, 1.54) is 33.5 Å². The number of hydrogen-bond donors (Lipinski definition) is 0. The van der Waals surface area contributed by atoms with Crippen LogP contribution in [-0.4, -0.2) is 4.68 Å². The van der Waals surface area contributed by atoms with Crippen LogP contribution in [0.5, 0.6) is 0 Å². The van der Waals surface area contributed by atoms with E-state index in [-0.39, 0.29) is 12.0 Å². The zero-order chi connectivity index (χ0) is 26.1. The summed E-state index contributed by atoms with van der Waals surface area (Å²) in [4.78, 5) is 0. The molecule has 5 rings (SSSR count). The monoisotopic (exact) mass is 438 g/mol. The lowest BCUT2D eigenvalue weighted by Crippen LogP contribution is -2.36. The smallest absolute Gasteiger partial charge is 0.149 e. The number of aryl methyl sites for hydroxylation is 3. The normalized spacial score (nSPS) is 13.9. The summed E-state index contributed by atoms with van der Waals surface area (Å²) >= 11 is 0. The molecule has 0 fully saturated rings. The molecule has 0 N–H and O–H groups in total. The Morgan fingerprint density at radius 2 is 1.30 bits per heavy atom. The molecule has 0 aliphatic carbocycles.